The monoisotopic (exact) mass is 267 g/mol. The first kappa shape index (κ1) is 12.6. The van der Waals surface area contributed by atoms with Crippen LogP contribution in [-0.2, 0) is 0 Å². The Morgan fingerprint density at radius 2 is 2.05 bits per heavy atom. The van der Waals surface area contributed by atoms with Gasteiger partial charge in [0.1, 0.15) is 5.82 Å². The molecule has 3 aromatic rings. The zero-order chi connectivity index (χ0) is 13.9. The van der Waals surface area contributed by atoms with E-state index in [1.54, 1.807) is 6.20 Å². The van der Waals surface area contributed by atoms with Crippen molar-refractivity contribution in [3.63, 3.8) is 0 Å². The van der Waals surface area contributed by atoms with Crippen LogP contribution >= 0.6 is 0 Å². The lowest BCUT2D eigenvalue weighted by Gasteiger charge is -2.03. The molecule has 1 atom stereocenters. The van der Waals surface area contributed by atoms with Crippen molar-refractivity contribution >= 4 is 0 Å². The third kappa shape index (κ3) is 2.35. The number of nitrogens with one attached hydrogen (secondary N) is 1. The Kier molecular flexibility index (Phi) is 3.35. The minimum absolute atomic E-state index is 0.0482. The molecule has 0 fully saturated rings. The molecule has 102 valence electrons. The van der Waals surface area contributed by atoms with Gasteiger partial charge in [0.2, 0.25) is 0 Å². The molecule has 0 amide bonds. The summed E-state index contributed by atoms with van der Waals surface area (Å²) in [4.78, 5) is 7.58. The highest BCUT2D eigenvalue weighted by Crippen LogP contribution is 2.20. The molecule has 0 spiro atoms. The molecular formula is C15H17N5. The molecule has 0 aliphatic carbocycles. The van der Waals surface area contributed by atoms with E-state index in [0.29, 0.717) is 0 Å². The SMILES string of the molecule is CCC(N)c1ncc(-c2cnn(-c3ccccc3)c2)[nH]1. The van der Waals surface area contributed by atoms with Crippen LogP contribution in [0.4, 0.5) is 0 Å². The van der Waals surface area contributed by atoms with Gasteiger partial charge in [-0.2, -0.15) is 5.10 Å². The highest BCUT2D eigenvalue weighted by Gasteiger charge is 2.10. The second-order valence-corrected chi connectivity index (χ2v) is 4.71. The topological polar surface area (TPSA) is 72.5 Å². The zero-order valence-electron chi connectivity index (χ0n) is 11.3. The number of para-hydroxylation sites is 1. The maximum Gasteiger partial charge on any atom is 0.123 e. The Bertz CT molecular complexity index is 683. The summed E-state index contributed by atoms with van der Waals surface area (Å²) in [6.45, 7) is 2.04. The maximum absolute atomic E-state index is 5.97. The summed E-state index contributed by atoms with van der Waals surface area (Å²) < 4.78 is 1.84. The van der Waals surface area contributed by atoms with E-state index in [2.05, 4.69) is 15.1 Å². The van der Waals surface area contributed by atoms with E-state index in [1.165, 1.54) is 0 Å². The number of nitrogens with zero attached hydrogens (tertiary/aromatic N) is 3. The summed E-state index contributed by atoms with van der Waals surface area (Å²) in [7, 11) is 0. The van der Waals surface area contributed by atoms with Crippen molar-refractivity contribution in [3.05, 3.63) is 54.7 Å². The van der Waals surface area contributed by atoms with Gasteiger partial charge in [0.15, 0.2) is 0 Å². The van der Waals surface area contributed by atoms with Crippen LogP contribution in [0, 0.1) is 0 Å². The molecule has 0 saturated carbocycles. The quantitative estimate of drug-likeness (QED) is 0.763. The number of aromatic amines is 1. The molecule has 2 aromatic heterocycles. The van der Waals surface area contributed by atoms with Crippen LogP contribution in [0.15, 0.2) is 48.9 Å². The first-order valence-electron chi connectivity index (χ1n) is 6.69. The Balaban J connectivity index is 1.89. The fraction of sp³-hybridized carbons (Fsp3) is 0.200. The summed E-state index contributed by atoms with van der Waals surface area (Å²) in [6.07, 6.45) is 6.46. The predicted molar refractivity (Wildman–Crippen MR) is 78.4 cm³/mol. The normalized spacial score (nSPS) is 12.5. The average molecular weight is 267 g/mol. The fourth-order valence-electron chi connectivity index (χ4n) is 2.05. The van der Waals surface area contributed by atoms with Gasteiger partial charge < -0.3 is 10.7 Å². The van der Waals surface area contributed by atoms with E-state index < -0.39 is 0 Å². The molecule has 1 aromatic carbocycles. The molecule has 0 aliphatic heterocycles. The highest BCUT2D eigenvalue weighted by molar-refractivity contribution is 5.57. The average Bonchev–Trinajstić information content (AvgIpc) is 3.16. The van der Waals surface area contributed by atoms with Crippen molar-refractivity contribution in [2.45, 2.75) is 19.4 Å². The Morgan fingerprint density at radius 1 is 1.25 bits per heavy atom. The van der Waals surface area contributed by atoms with Crippen molar-refractivity contribution in [2.24, 2.45) is 5.73 Å². The van der Waals surface area contributed by atoms with Crippen molar-refractivity contribution in [1.82, 2.24) is 19.7 Å². The van der Waals surface area contributed by atoms with Crippen molar-refractivity contribution in [3.8, 4) is 16.9 Å². The van der Waals surface area contributed by atoms with Gasteiger partial charge in [-0.05, 0) is 18.6 Å². The van der Waals surface area contributed by atoms with Gasteiger partial charge in [-0.1, -0.05) is 25.1 Å². The van der Waals surface area contributed by atoms with E-state index in [0.717, 1.165) is 29.2 Å². The zero-order valence-corrected chi connectivity index (χ0v) is 11.3. The van der Waals surface area contributed by atoms with Crippen LogP contribution < -0.4 is 5.73 Å². The molecule has 20 heavy (non-hydrogen) atoms. The van der Waals surface area contributed by atoms with Crippen molar-refractivity contribution in [1.29, 1.82) is 0 Å². The number of aromatic nitrogens is 4. The molecule has 0 bridgehead atoms. The predicted octanol–water partition coefficient (Wildman–Crippen LogP) is 2.67. The van der Waals surface area contributed by atoms with Gasteiger partial charge in [-0.3, -0.25) is 0 Å². The maximum atomic E-state index is 5.97. The summed E-state index contributed by atoms with van der Waals surface area (Å²) >= 11 is 0. The number of hydrogen-bond donors (Lipinski definition) is 2. The molecule has 0 aliphatic rings. The van der Waals surface area contributed by atoms with E-state index >= 15 is 0 Å². The minimum Gasteiger partial charge on any atom is -0.341 e. The lowest BCUT2D eigenvalue weighted by Crippen LogP contribution is -2.10. The highest BCUT2D eigenvalue weighted by atomic mass is 15.3. The molecule has 0 saturated heterocycles. The standard InChI is InChI=1S/C15H17N5/c1-2-13(16)15-17-9-14(19-15)11-8-18-20(10-11)12-6-4-3-5-7-12/h3-10,13H,2,16H2,1H3,(H,17,19). The number of rotatable bonds is 4. The van der Waals surface area contributed by atoms with Crippen LogP contribution in [0.2, 0.25) is 0 Å². The Morgan fingerprint density at radius 3 is 2.80 bits per heavy atom. The number of H-pyrrole nitrogens is 1. The minimum atomic E-state index is -0.0482. The lowest BCUT2D eigenvalue weighted by molar-refractivity contribution is 0.658. The van der Waals surface area contributed by atoms with Gasteiger partial charge >= 0.3 is 0 Å². The van der Waals surface area contributed by atoms with Gasteiger partial charge in [0.05, 0.1) is 29.8 Å². The molecule has 2 heterocycles. The van der Waals surface area contributed by atoms with Crippen LogP contribution in [0.25, 0.3) is 16.9 Å². The first-order valence-corrected chi connectivity index (χ1v) is 6.69. The molecule has 3 rings (SSSR count). The summed E-state index contributed by atoms with van der Waals surface area (Å²) in [6, 6.07) is 9.95. The second kappa shape index (κ2) is 5.30. The fourth-order valence-corrected chi connectivity index (χ4v) is 2.05. The first-order chi connectivity index (χ1) is 9.78. The second-order valence-electron chi connectivity index (χ2n) is 4.71. The van der Waals surface area contributed by atoms with Crippen molar-refractivity contribution < 1.29 is 0 Å². The van der Waals surface area contributed by atoms with Crippen LogP contribution in [-0.4, -0.2) is 19.7 Å². The number of benzene rings is 1. The van der Waals surface area contributed by atoms with E-state index in [9.17, 15) is 0 Å². The number of imidazole rings is 1. The molecule has 0 radical (unpaired) electrons. The van der Waals surface area contributed by atoms with Gasteiger partial charge in [0, 0.05) is 11.8 Å². The molecule has 3 N–H and O–H groups in total. The Labute approximate surface area is 117 Å². The van der Waals surface area contributed by atoms with E-state index in [4.69, 9.17) is 5.73 Å². The smallest absolute Gasteiger partial charge is 0.123 e. The largest absolute Gasteiger partial charge is 0.341 e. The molecule has 1 unspecified atom stereocenters. The van der Waals surface area contributed by atoms with Crippen molar-refractivity contribution in [2.75, 3.05) is 0 Å². The van der Waals surface area contributed by atoms with Gasteiger partial charge in [0.25, 0.3) is 0 Å². The van der Waals surface area contributed by atoms with Crippen LogP contribution in [0.5, 0.6) is 0 Å². The third-order valence-corrected chi connectivity index (χ3v) is 3.30. The Hall–Kier alpha value is -2.40. The molecule has 5 nitrogen and oxygen atoms in total. The number of nitrogens with two attached hydrogens (primary N) is 1. The third-order valence-electron chi connectivity index (χ3n) is 3.30. The van der Waals surface area contributed by atoms with Gasteiger partial charge in [-0.15, -0.1) is 0 Å². The van der Waals surface area contributed by atoms with E-state index in [-0.39, 0.29) is 6.04 Å². The van der Waals surface area contributed by atoms with Gasteiger partial charge in [-0.25, -0.2) is 9.67 Å². The number of hydrogen-bond acceptors (Lipinski definition) is 3. The summed E-state index contributed by atoms with van der Waals surface area (Å²) in [5.41, 5.74) is 8.93. The summed E-state index contributed by atoms with van der Waals surface area (Å²) in [5.74, 6) is 0.815. The lowest BCUT2D eigenvalue weighted by atomic mass is 10.2. The molecular weight excluding hydrogens is 250 g/mol. The van der Waals surface area contributed by atoms with E-state index in [1.807, 2.05) is 54.3 Å². The molecule has 5 heteroatoms. The van der Waals surface area contributed by atoms with Crippen LogP contribution in [0.1, 0.15) is 25.2 Å². The van der Waals surface area contributed by atoms with Crippen LogP contribution in [0.3, 0.4) is 0 Å². The summed E-state index contributed by atoms with van der Waals surface area (Å²) in [5, 5.41) is 4.37.